The molecule has 0 aliphatic heterocycles. The second kappa shape index (κ2) is 6.13. The Morgan fingerprint density at radius 3 is 2.76 bits per heavy atom. The molecule has 0 unspecified atom stereocenters. The molecule has 0 atom stereocenters. The average molecular weight is 329 g/mol. The van der Waals surface area contributed by atoms with Crippen molar-refractivity contribution in [1.29, 1.82) is 0 Å². The lowest BCUT2D eigenvalue weighted by Crippen LogP contribution is -2.25. The fraction of sp³-hybridized carbons (Fsp3) is 0.100. The molecule has 0 saturated carbocycles. The van der Waals surface area contributed by atoms with Crippen molar-refractivity contribution in [2.45, 2.75) is 11.4 Å². The van der Waals surface area contributed by atoms with Crippen LogP contribution in [0.1, 0.15) is 5.01 Å². The van der Waals surface area contributed by atoms with Gasteiger partial charge in [-0.2, -0.15) is 0 Å². The quantitative estimate of drug-likeness (QED) is 0.404. The van der Waals surface area contributed by atoms with Gasteiger partial charge in [0.15, 0.2) is 0 Å². The van der Waals surface area contributed by atoms with Crippen LogP contribution in [-0.4, -0.2) is 18.3 Å². The Hall–Kier alpha value is -2.08. The van der Waals surface area contributed by atoms with Crippen molar-refractivity contribution in [3.05, 3.63) is 44.9 Å². The smallest absolute Gasteiger partial charge is 0.270 e. The number of sulfonamides is 1. The van der Waals surface area contributed by atoms with Crippen LogP contribution in [0.25, 0.3) is 0 Å². The second-order valence-corrected chi connectivity index (χ2v) is 6.55. The molecule has 1 aromatic heterocycles. The highest BCUT2D eigenvalue weighted by molar-refractivity contribution is 7.89. The zero-order chi connectivity index (χ0) is 15.5. The molecule has 0 aliphatic carbocycles. The summed E-state index contributed by atoms with van der Waals surface area (Å²) in [5.74, 6) is 5.24. The summed E-state index contributed by atoms with van der Waals surface area (Å²) < 4.78 is 26.8. The van der Waals surface area contributed by atoms with E-state index in [1.54, 1.807) is 11.6 Å². The lowest BCUT2D eigenvalue weighted by atomic mass is 10.3. The van der Waals surface area contributed by atoms with Gasteiger partial charge in [-0.05, 0) is 6.07 Å². The van der Waals surface area contributed by atoms with E-state index in [4.69, 9.17) is 5.84 Å². The fourth-order valence-electron chi connectivity index (χ4n) is 1.54. The number of hydrogen-bond acceptors (Lipinski definition) is 8. The zero-order valence-electron chi connectivity index (χ0n) is 10.5. The van der Waals surface area contributed by atoms with Gasteiger partial charge < -0.3 is 5.43 Å². The SMILES string of the molecule is NNc1ccc([N+](=O)[O-])cc1S(=O)(=O)NCc1nccs1. The third-order valence-electron chi connectivity index (χ3n) is 2.52. The molecule has 21 heavy (non-hydrogen) atoms. The summed E-state index contributed by atoms with van der Waals surface area (Å²) in [6.45, 7) is -0.00724. The van der Waals surface area contributed by atoms with Gasteiger partial charge >= 0.3 is 0 Å². The maximum atomic E-state index is 12.2. The van der Waals surface area contributed by atoms with E-state index < -0.39 is 14.9 Å². The van der Waals surface area contributed by atoms with Crippen molar-refractivity contribution in [3.63, 3.8) is 0 Å². The van der Waals surface area contributed by atoms with Gasteiger partial charge in [-0.1, -0.05) is 0 Å². The first-order valence-electron chi connectivity index (χ1n) is 5.57. The minimum Gasteiger partial charge on any atom is -0.323 e. The van der Waals surface area contributed by atoms with Crippen LogP contribution in [0.5, 0.6) is 0 Å². The van der Waals surface area contributed by atoms with E-state index in [1.807, 2.05) is 0 Å². The number of nitro benzene ring substituents is 1. The summed E-state index contributed by atoms with van der Waals surface area (Å²) in [4.78, 5) is 13.7. The summed E-state index contributed by atoms with van der Waals surface area (Å²) >= 11 is 1.29. The van der Waals surface area contributed by atoms with Crippen LogP contribution < -0.4 is 16.0 Å². The largest absolute Gasteiger partial charge is 0.323 e. The summed E-state index contributed by atoms with van der Waals surface area (Å²) in [6, 6.07) is 3.34. The zero-order valence-corrected chi connectivity index (χ0v) is 12.1. The molecule has 112 valence electrons. The molecular formula is C10H11N5O4S2. The monoisotopic (exact) mass is 329 g/mol. The lowest BCUT2D eigenvalue weighted by molar-refractivity contribution is -0.385. The summed E-state index contributed by atoms with van der Waals surface area (Å²) in [7, 11) is -3.97. The van der Waals surface area contributed by atoms with Crippen LogP contribution in [-0.2, 0) is 16.6 Å². The van der Waals surface area contributed by atoms with E-state index in [1.165, 1.54) is 17.4 Å². The predicted molar refractivity (Wildman–Crippen MR) is 77.0 cm³/mol. The van der Waals surface area contributed by atoms with E-state index in [-0.39, 0.29) is 22.8 Å². The highest BCUT2D eigenvalue weighted by Crippen LogP contribution is 2.25. The Kier molecular flexibility index (Phi) is 4.47. The minimum absolute atomic E-state index is 0.00724. The molecule has 1 heterocycles. The normalized spacial score (nSPS) is 11.3. The number of nitrogens with two attached hydrogens (primary N) is 1. The number of non-ortho nitro benzene ring substituents is 1. The average Bonchev–Trinajstić information content (AvgIpc) is 2.98. The van der Waals surface area contributed by atoms with Crippen LogP contribution in [0.4, 0.5) is 11.4 Å². The van der Waals surface area contributed by atoms with E-state index in [0.29, 0.717) is 5.01 Å². The number of thiazole rings is 1. The van der Waals surface area contributed by atoms with Gasteiger partial charge in [-0.25, -0.2) is 18.1 Å². The Morgan fingerprint density at radius 1 is 1.43 bits per heavy atom. The molecule has 11 heteroatoms. The number of aromatic nitrogens is 1. The molecule has 0 spiro atoms. The van der Waals surface area contributed by atoms with Crippen molar-refractivity contribution in [1.82, 2.24) is 9.71 Å². The van der Waals surface area contributed by atoms with E-state index in [0.717, 1.165) is 12.1 Å². The number of nitrogens with zero attached hydrogens (tertiary/aromatic N) is 2. The first kappa shape index (κ1) is 15.3. The van der Waals surface area contributed by atoms with Gasteiger partial charge in [0.25, 0.3) is 5.69 Å². The van der Waals surface area contributed by atoms with E-state index >= 15 is 0 Å². The van der Waals surface area contributed by atoms with Gasteiger partial charge in [0.1, 0.15) is 9.90 Å². The number of hydrazine groups is 1. The molecule has 0 fully saturated rings. The van der Waals surface area contributed by atoms with E-state index in [9.17, 15) is 18.5 Å². The first-order valence-corrected chi connectivity index (χ1v) is 7.93. The topological polar surface area (TPSA) is 140 Å². The molecule has 0 bridgehead atoms. The van der Waals surface area contributed by atoms with Gasteiger partial charge in [0.05, 0.1) is 17.2 Å². The molecular weight excluding hydrogens is 318 g/mol. The number of nitrogen functional groups attached to an aromatic ring is 1. The number of nitro groups is 1. The standard InChI is InChI=1S/C10H11N5O4S2/c11-14-8-2-1-7(15(16)17)5-9(8)21(18,19)13-6-10-12-3-4-20-10/h1-5,13-14H,6,11H2. The predicted octanol–water partition coefficient (Wildman–Crippen LogP) is 0.815. The number of hydrogen-bond donors (Lipinski definition) is 3. The Morgan fingerprint density at radius 2 is 2.19 bits per heavy atom. The molecule has 2 aromatic rings. The Bertz CT molecular complexity index is 745. The number of nitrogens with one attached hydrogen (secondary N) is 2. The van der Waals surface area contributed by atoms with Gasteiger partial charge in [0.2, 0.25) is 10.0 Å². The molecule has 2 rings (SSSR count). The lowest BCUT2D eigenvalue weighted by Gasteiger charge is -2.10. The molecule has 0 saturated heterocycles. The Labute approximate surface area is 124 Å². The van der Waals surface area contributed by atoms with Crippen LogP contribution in [0.2, 0.25) is 0 Å². The van der Waals surface area contributed by atoms with E-state index in [2.05, 4.69) is 15.1 Å². The third kappa shape index (κ3) is 3.52. The van der Waals surface area contributed by atoms with Crippen molar-refractivity contribution in [3.8, 4) is 0 Å². The van der Waals surface area contributed by atoms with Gasteiger partial charge in [-0.3, -0.25) is 16.0 Å². The van der Waals surface area contributed by atoms with Crippen molar-refractivity contribution >= 4 is 32.7 Å². The highest BCUT2D eigenvalue weighted by Gasteiger charge is 2.22. The van der Waals surface area contributed by atoms with Crippen molar-refractivity contribution in [2.75, 3.05) is 5.43 Å². The van der Waals surface area contributed by atoms with Gasteiger partial charge in [0, 0.05) is 23.7 Å². The van der Waals surface area contributed by atoms with Crippen LogP contribution in [0, 0.1) is 10.1 Å². The molecule has 1 aromatic carbocycles. The molecule has 0 radical (unpaired) electrons. The Balaban J connectivity index is 2.33. The first-order chi connectivity index (χ1) is 9.94. The molecule has 0 aliphatic rings. The van der Waals surface area contributed by atoms with Crippen molar-refractivity contribution < 1.29 is 13.3 Å². The van der Waals surface area contributed by atoms with Crippen LogP contribution >= 0.6 is 11.3 Å². The van der Waals surface area contributed by atoms with Crippen LogP contribution in [0.3, 0.4) is 0 Å². The highest BCUT2D eigenvalue weighted by atomic mass is 32.2. The number of anilines is 1. The maximum Gasteiger partial charge on any atom is 0.270 e. The maximum absolute atomic E-state index is 12.2. The summed E-state index contributed by atoms with van der Waals surface area (Å²) in [5.41, 5.74) is 1.92. The fourth-order valence-corrected chi connectivity index (χ4v) is 3.36. The van der Waals surface area contributed by atoms with Crippen LogP contribution in [0.15, 0.2) is 34.7 Å². The number of benzene rings is 1. The molecule has 0 amide bonds. The molecule has 4 N–H and O–H groups in total. The van der Waals surface area contributed by atoms with Gasteiger partial charge in [-0.15, -0.1) is 11.3 Å². The second-order valence-electron chi connectivity index (χ2n) is 3.83. The van der Waals surface area contributed by atoms with Crippen molar-refractivity contribution in [2.24, 2.45) is 5.84 Å². The summed E-state index contributed by atoms with van der Waals surface area (Å²) in [6.07, 6.45) is 1.55. The molecule has 9 nitrogen and oxygen atoms in total. The minimum atomic E-state index is -3.97. The third-order valence-corrected chi connectivity index (χ3v) is 4.74. The summed E-state index contributed by atoms with van der Waals surface area (Å²) in [5, 5.41) is 13.0. The number of rotatable bonds is 6.